The molecule has 6 nitrogen and oxygen atoms in total. The highest BCUT2D eigenvalue weighted by atomic mass is 19.4. The monoisotopic (exact) mass is 370 g/mol. The van der Waals surface area contributed by atoms with Crippen LogP contribution in [0.4, 0.5) is 28.9 Å². The third kappa shape index (κ3) is 3.44. The van der Waals surface area contributed by atoms with E-state index in [4.69, 9.17) is 4.74 Å². The van der Waals surface area contributed by atoms with Crippen molar-refractivity contribution in [3.8, 4) is 11.5 Å². The summed E-state index contributed by atoms with van der Waals surface area (Å²) in [7, 11) is 0. The Labute approximate surface area is 143 Å². The summed E-state index contributed by atoms with van der Waals surface area (Å²) < 4.78 is 56.9. The summed E-state index contributed by atoms with van der Waals surface area (Å²) >= 11 is 0. The summed E-state index contributed by atoms with van der Waals surface area (Å²) in [4.78, 5) is 21.9. The molecule has 26 heavy (non-hydrogen) atoms. The Bertz CT molecular complexity index is 912. The number of hydrogen-bond donors (Lipinski definition) is 1. The second-order valence-electron chi connectivity index (χ2n) is 5.52. The molecule has 0 saturated carbocycles. The molecule has 1 amide bonds. The molecule has 0 aromatic heterocycles. The highest BCUT2D eigenvalue weighted by Crippen LogP contribution is 2.40. The van der Waals surface area contributed by atoms with Crippen molar-refractivity contribution in [3.05, 3.63) is 57.4 Å². The molecule has 3 rings (SSSR count). The highest BCUT2D eigenvalue weighted by Gasteiger charge is 2.34. The molecule has 0 radical (unpaired) electrons. The SMILES string of the molecule is O=C1CCc2cc([N+](=O)[O-])c(Oc3ccc(F)c(C(F)(F)F)c3)cc2N1. The molecule has 0 spiro atoms. The first-order chi connectivity index (χ1) is 12.1. The molecule has 0 saturated heterocycles. The van der Waals surface area contributed by atoms with Crippen LogP contribution < -0.4 is 10.1 Å². The van der Waals surface area contributed by atoms with Gasteiger partial charge in [0.05, 0.1) is 10.5 Å². The van der Waals surface area contributed by atoms with Crippen molar-refractivity contribution in [3.63, 3.8) is 0 Å². The minimum Gasteiger partial charge on any atom is -0.450 e. The number of hydrogen-bond acceptors (Lipinski definition) is 4. The van der Waals surface area contributed by atoms with E-state index in [1.54, 1.807) is 0 Å². The molecule has 1 N–H and O–H groups in total. The standard InChI is InChI=1S/C16H10F4N2O4/c17-11-3-2-9(6-10(11)16(18,19)20)26-14-7-12-8(1-4-15(23)21-12)5-13(14)22(24)25/h2-3,5-7H,1,4H2,(H,21,23). The molecule has 0 bridgehead atoms. The van der Waals surface area contributed by atoms with Crippen molar-refractivity contribution in [2.75, 3.05) is 5.32 Å². The van der Waals surface area contributed by atoms with Gasteiger partial charge in [-0.3, -0.25) is 14.9 Å². The fourth-order valence-electron chi connectivity index (χ4n) is 2.53. The van der Waals surface area contributed by atoms with Crippen LogP contribution in [0.1, 0.15) is 17.5 Å². The zero-order valence-electron chi connectivity index (χ0n) is 12.9. The first-order valence-corrected chi connectivity index (χ1v) is 7.31. The van der Waals surface area contributed by atoms with Gasteiger partial charge in [-0.1, -0.05) is 0 Å². The van der Waals surface area contributed by atoms with Gasteiger partial charge in [0, 0.05) is 24.2 Å². The number of benzene rings is 2. The Balaban J connectivity index is 2.03. The molecule has 1 aliphatic rings. The number of fused-ring (bicyclic) bond motifs is 1. The summed E-state index contributed by atoms with van der Waals surface area (Å²) in [6, 6.07) is 4.26. The average Bonchev–Trinajstić information content (AvgIpc) is 2.54. The Morgan fingerprint density at radius 1 is 1.15 bits per heavy atom. The van der Waals surface area contributed by atoms with Gasteiger partial charge in [0.15, 0.2) is 0 Å². The highest BCUT2D eigenvalue weighted by molar-refractivity contribution is 5.94. The zero-order valence-corrected chi connectivity index (χ0v) is 12.9. The number of nitrogens with one attached hydrogen (secondary N) is 1. The van der Waals surface area contributed by atoms with Crippen molar-refractivity contribution in [2.24, 2.45) is 0 Å². The fraction of sp³-hybridized carbons (Fsp3) is 0.188. The average molecular weight is 370 g/mol. The summed E-state index contributed by atoms with van der Waals surface area (Å²) in [6.45, 7) is 0. The number of halogens is 4. The van der Waals surface area contributed by atoms with E-state index in [1.165, 1.54) is 12.1 Å². The van der Waals surface area contributed by atoms with E-state index >= 15 is 0 Å². The van der Waals surface area contributed by atoms with Gasteiger partial charge in [0.2, 0.25) is 11.7 Å². The molecular weight excluding hydrogens is 360 g/mol. The number of carbonyl (C=O) groups excluding carboxylic acids is 1. The van der Waals surface area contributed by atoms with Crippen molar-refractivity contribution < 1.29 is 32.0 Å². The summed E-state index contributed by atoms with van der Waals surface area (Å²) in [5.74, 6) is -2.57. The lowest BCUT2D eigenvalue weighted by Gasteiger charge is -2.18. The van der Waals surface area contributed by atoms with Crippen molar-refractivity contribution in [2.45, 2.75) is 19.0 Å². The van der Waals surface area contributed by atoms with Crippen molar-refractivity contribution >= 4 is 17.3 Å². The smallest absolute Gasteiger partial charge is 0.419 e. The Morgan fingerprint density at radius 3 is 2.54 bits per heavy atom. The Hall–Kier alpha value is -3.17. The van der Waals surface area contributed by atoms with Gasteiger partial charge in [-0.2, -0.15) is 13.2 Å². The molecule has 0 aliphatic carbocycles. The van der Waals surface area contributed by atoms with E-state index in [2.05, 4.69) is 5.32 Å². The third-order valence-electron chi connectivity index (χ3n) is 3.75. The second-order valence-corrected chi connectivity index (χ2v) is 5.52. The van der Waals surface area contributed by atoms with Gasteiger partial charge in [-0.15, -0.1) is 0 Å². The molecule has 2 aromatic carbocycles. The number of amides is 1. The van der Waals surface area contributed by atoms with Crippen LogP contribution in [0.25, 0.3) is 0 Å². The maximum atomic E-state index is 13.3. The summed E-state index contributed by atoms with van der Waals surface area (Å²) in [6.07, 6.45) is -4.49. The topological polar surface area (TPSA) is 81.5 Å². The number of aryl methyl sites for hydroxylation is 1. The van der Waals surface area contributed by atoms with Gasteiger partial charge >= 0.3 is 11.9 Å². The molecule has 10 heteroatoms. The van der Waals surface area contributed by atoms with Crippen LogP contribution in [0.2, 0.25) is 0 Å². The molecule has 1 aliphatic heterocycles. The molecule has 2 aromatic rings. The van der Waals surface area contributed by atoms with Gasteiger partial charge in [0.1, 0.15) is 11.6 Å². The molecule has 0 atom stereocenters. The van der Waals surface area contributed by atoms with Gasteiger partial charge in [-0.05, 0) is 30.2 Å². The maximum Gasteiger partial charge on any atom is 0.419 e. The summed E-state index contributed by atoms with van der Waals surface area (Å²) in [5, 5.41) is 13.8. The number of anilines is 1. The number of nitro groups is 1. The lowest BCUT2D eigenvalue weighted by atomic mass is 10.0. The van der Waals surface area contributed by atoms with E-state index in [0.29, 0.717) is 17.7 Å². The largest absolute Gasteiger partial charge is 0.450 e. The van der Waals surface area contributed by atoms with E-state index < -0.39 is 33.9 Å². The van der Waals surface area contributed by atoms with Crippen LogP contribution >= 0.6 is 0 Å². The number of alkyl halides is 3. The maximum absolute atomic E-state index is 13.3. The lowest BCUT2D eigenvalue weighted by molar-refractivity contribution is -0.385. The van der Waals surface area contributed by atoms with Crippen LogP contribution in [0.15, 0.2) is 30.3 Å². The van der Waals surface area contributed by atoms with Gasteiger partial charge < -0.3 is 10.1 Å². The van der Waals surface area contributed by atoms with Gasteiger partial charge in [-0.25, -0.2) is 4.39 Å². The quantitative estimate of drug-likeness (QED) is 0.492. The van der Waals surface area contributed by atoms with Crippen molar-refractivity contribution in [1.29, 1.82) is 0 Å². The van der Waals surface area contributed by atoms with Crippen LogP contribution in [-0.4, -0.2) is 10.8 Å². The number of nitrogens with zero attached hydrogens (tertiary/aromatic N) is 1. The van der Waals surface area contributed by atoms with E-state index in [9.17, 15) is 32.5 Å². The predicted molar refractivity (Wildman–Crippen MR) is 81.5 cm³/mol. The van der Waals surface area contributed by atoms with Crippen LogP contribution in [0, 0.1) is 15.9 Å². The first-order valence-electron chi connectivity index (χ1n) is 7.31. The van der Waals surface area contributed by atoms with E-state index in [-0.39, 0.29) is 30.2 Å². The molecule has 0 fully saturated rings. The van der Waals surface area contributed by atoms with Crippen LogP contribution in [0.5, 0.6) is 11.5 Å². The summed E-state index contributed by atoms with van der Waals surface area (Å²) in [5.41, 5.74) is -1.24. The lowest BCUT2D eigenvalue weighted by Crippen LogP contribution is -2.19. The zero-order chi connectivity index (χ0) is 19.1. The predicted octanol–water partition coefficient (Wildman–Crippen LogP) is 4.43. The number of rotatable bonds is 3. The van der Waals surface area contributed by atoms with Crippen LogP contribution in [0.3, 0.4) is 0 Å². The first kappa shape index (κ1) is 17.6. The molecular formula is C16H10F4N2O4. The number of ether oxygens (including phenoxy) is 1. The normalized spacial score (nSPS) is 13.8. The third-order valence-corrected chi connectivity index (χ3v) is 3.75. The molecule has 0 unspecified atom stereocenters. The molecule has 1 heterocycles. The minimum absolute atomic E-state index is 0.164. The second kappa shape index (κ2) is 6.28. The van der Waals surface area contributed by atoms with Crippen molar-refractivity contribution in [1.82, 2.24) is 0 Å². The Kier molecular flexibility index (Phi) is 4.26. The fourth-order valence-corrected chi connectivity index (χ4v) is 2.53. The van der Waals surface area contributed by atoms with E-state index in [1.807, 2.05) is 0 Å². The molecule has 136 valence electrons. The van der Waals surface area contributed by atoms with Crippen LogP contribution in [-0.2, 0) is 17.4 Å². The number of nitro benzene ring substituents is 1. The number of carbonyl (C=O) groups is 1. The van der Waals surface area contributed by atoms with E-state index in [0.717, 1.165) is 6.07 Å². The minimum atomic E-state index is -4.95. The van der Waals surface area contributed by atoms with Gasteiger partial charge in [0.25, 0.3) is 0 Å². The Morgan fingerprint density at radius 2 is 1.88 bits per heavy atom.